The van der Waals surface area contributed by atoms with Gasteiger partial charge in [-0.2, -0.15) is 0 Å². The van der Waals surface area contributed by atoms with Gasteiger partial charge in [0, 0.05) is 13.1 Å². The van der Waals surface area contributed by atoms with Crippen LogP contribution in [0.15, 0.2) is 46.9 Å². The van der Waals surface area contributed by atoms with Gasteiger partial charge < -0.3 is 5.73 Å². The van der Waals surface area contributed by atoms with Gasteiger partial charge in [-0.15, -0.1) is 0 Å². The first kappa shape index (κ1) is 13.3. The fourth-order valence-corrected chi connectivity index (χ4v) is 2.88. The molecule has 2 aromatic rings. The molecule has 2 rings (SSSR count). The van der Waals surface area contributed by atoms with E-state index in [1.54, 1.807) is 0 Å². The lowest BCUT2D eigenvalue weighted by atomic mass is 10.00. The second kappa shape index (κ2) is 5.69. The molecule has 0 heterocycles. The van der Waals surface area contributed by atoms with E-state index < -0.39 is 0 Å². The molecule has 0 aliphatic rings. The van der Waals surface area contributed by atoms with Crippen LogP contribution in [0.1, 0.15) is 17.2 Å². The molecule has 1 atom stereocenters. The molecular weight excluding hydrogens is 412 g/mol. The van der Waals surface area contributed by atoms with E-state index in [0.717, 1.165) is 19.2 Å². The van der Waals surface area contributed by atoms with Crippen LogP contribution in [0.4, 0.5) is 0 Å². The van der Waals surface area contributed by atoms with Crippen molar-refractivity contribution in [3.05, 3.63) is 66.7 Å². The maximum Gasteiger partial charge on any atom is 0.0563 e. The topological polar surface area (TPSA) is 26.0 Å². The predicted octanol–water partition coefficient (Wildman–Crippen LogP) is 4.76. The molecule has 4 heteroatoms. The first-order chi connectivity index (χ1) is 8.08. The van der Waals surface area contributed by atoms with E-state index in [1.165, 1.54) is 0 Å². The molecule has 0 saturated carbocycles. The highest BCUT2D eigenvalue weighted by atomic mass is 127. The zero-order valence-corrected chi connectivity index (χ0v) is 13.3. The number of nitrogens with two attached hydrogens (primary N) is 1. The fraction of sp³-hybridized carbons (Fsp3) is 0.0769. The van der Waals surface area contributed by atoms with E-state index in [4.69, 9.17) is 17.3 Å². The number of benzene rings is 2. The molecule has 0 aromatic heterocycles. The van der Waals surface area contributed by atoms with Crippen molar-refractivity contribution < 1.29 is 0 Å². The molecule has 0 amide bonds. The summed E-state index contributed by atoms with van der Waals surface area (Å²) in [5.74, 6) is 0. The van der Waals surface area contributed by atoms with E-state index in [2.05, 4.69) is 38.5 Å². The summed E-state index contributed by atoms with van der Waals surface area (Å²) in [4.78, 5) is 0. The van der Waals surface area contributed by atoms with Gasteiger partial charge in [0.05, 0.1) is 6.04 Å². The largest absolute Gasteiger partial charge is 0.320 e. The zero-order valence-electron chi connectivity index (χ0n) is 8.83. The van der Waals surface area contributed by atoms with Gasteiger partial charge in [0.2, 0.25) is 0 Å². The van der Waals surface area contributed by atoms with Crippen LogP contribution in [0, 0.1) is 3.57 Å². The van der Waals surface area contributed by atoms with Gasteiger partial charge in [0.1, 0.15) is 0 Å². The van der Waals surface area contributed by atoms with Crippen molar-refractivity contribution in [1.82, 2.24) is 0 Å². The number of hydrogen-bond acceptors (Lipinski definition) is 1. The summed E-state index contributed by atoms with van der Waals surface area (Å²) in [5.41, 5.74) is 8.39. The highest BCUT2D eigenvalue weighted by molar-refractivity contribution is 14.1. The molecule has 88 valence electrons. The lowest BCUT2D eigenvalue weighted by Gasteiger charge is -2.15. The van der Waals surface area contributed by atoms with Crippen molar-refractivity contribution >= 4 is 50.1 Å². The van der Waals surface area contributed by atoms with Gasteiger partial charge in [0.15, 0.2) is 0 Å². The first-order valence-corrected chi connectivity index (χ1v) is 7.29. The smallest absolute Gasteiger partial charge is 0.0563 e. The lowest BCUT2D eigenvalue weighted by Crippen LogP contribution is -2.13. The number of halogens is 3. The monoisotopic (exact) mass is 421 g/mol. The Labute approximate surface area is 128 Å². The lowest BCUT2D eigenvalue weighted by molar-refractivity contribution is 0.864. The molecule has 0 aliphatic carbocycles. The number of hydrogen-bond donors (Lipinski definition) is 1. The summed E-state index contributed by atoms with van der Waals surface area (Å²) < 4.78 is 2.18. The Bertz CT molecular complexity index is 545. The normalized spacial score (nSPS) is 12.5. The Kier molecular flexibility index (Phi) is 4.47. The summed E-state index contributed by atoms with van der Waals surface area (Å²) in [6.45, 7) is 0. The minimum absolute atomic E-state index is 0.155. The van der Waals surface area contributed by atoms with Crippen molar-refractivity contribution in [2.75, 3.05) is 0 Å². The first-order valence-electron chi connectivity index (χ1n) is 5.04. The second-order valence-electron chi connectivity index (χ2n) is 3.70. The van der Waals surface area contributed by atoms with E-state index in [0.29, 0.717) is 5.02 Å². The van der Waals surface area contributed by atoms with Gasteiger partial charge in [0.25, 0.3) is 0 Å². The van der Waals surface area contributed by atoms with Crippen LogP contribution < -0.4 is 5.73 Å². The van der Waals surface area contributed by atoms with E-state index in [9.17, 15) is 0 Å². The molecular formula is C13H10BrClIN. The molecule has 17 heavy (non-hydrogen) atoms. The van der Waals surface area contributed by atoms with Crippen molar-refractivity contribution in [3.8, 4) is 0 Å². The average molecular weight is 422 g/mol. The molecule has 0 saturated heterocycles. The zero-order chi connectivity index (χ0) is 12.4. The minimum Gasteiger partial charge on any atom is -0.320 e. The van der Waals surface area contributed by atoms with Crippen molar-refractivity contribution in [3.63, 3.8) is 0 Å². The third kappa shape index (κ3) is 3.22. The van der Waals surface area contributed by atoms with Gasteiger partial charge >= 0.3 is 0 Å². The molecule has 2 N–H and O–H groups in total. The maximum atomic E-state index is 6.27. The summed E-state index contributed by atoms with van der Waals surface area (Å²) in [6.07, 6.45) is 0. The third-order valence-electron chi connectivity index (χ3n) is 2.50. The summed E-state index contributed by atoms with van der Waals surface area (Å²) in [5, 5.41) is 0.711. The summed E-state index contributed by atoms with van der Waals surface area (Å²) in [6, 6.07) is 13.6. The van der Waals surface area contributed by atoms with Crippen LogP contribution >= 0.6 is 50.1 Å². The van der Waals surface area contributed by atoms with Crippen LogP contribution in [-0.4, -0.2) is 0 Å². The molecule has 0 aliphatic heterocycles. The molecule has 1 unspecified atom stereocenters. The molecule has 0 spiro atoms. The second-order valence-corrected chi connectivity index (χ2v) is 6.21. The Hall–Kier alpha value is -0.100. The Morgan fingerprint density at radius 3 is 2.65 bits per heavy atom. The third-order valence-corrected chi connectivity index (χ3v) is 4.21. The molecule has 0 radical (unpaired) electrons. The summed E-state index contributed by atoms with van der Waals surface area (Å²) >= 11 is 11.7. The van der Waals surface area contributed by atoms with Crippen LogP contribution in [0.5, 0.6) is 0 Å². The van der Waals surface area contributed by atoms with Gasteiger partial charge in [-0.05, 0) is 64.0 Å². The average Bonchev–Trinajstić information content (AvgIpc) is 2.31. The van der Waals surface area contributed by atoms with Crippen molar-refractivity contribution in [2.45, 2.75) is 6.04 Å². The van der Waals surface area contributed by atoms with E-state index in [-0.39, 0.29) is 6.04 Å². The van der Waals surface area contributed by atoms with Crippen LogP contribution in [0.25, 0.3) is 0 Å². The SMILES string of the molecule is NC(c1cccc(Cl)c1)c1cc(Br)ccc1I. The molecule has 0 bridgehead atoms. The van der Waals surface area contributed by atoms with Gasteiger partial charge in [-0.1, -0.05) is 39.7 Å². The quantitative estimate of drug-likeness (QED) is 0.695. The van der Waals surface area contributed by atoms with Crippen molar-refractivity contribution in [1.29, 1.82) is 0 Å². The Balaban J connectivity index is 2.43. The highest BCUT2D eigenvalue weighted by Crippen LogP contribution is 2.28. The van der Waals surface area contributed by atoms with Crippen LogP contribution in [0.3, 0.4) is 0 Å². The maximum absolute atomic E-state index is 6.27. The molecule has 0 fully saturated rings. The van der Waals surface area contributed by atoms with Crippen LogP contribution in [0.2, 0.25) is 5.02 Å². The number of rotatable bonds is 2. The van der Waals surface area contributed by atoms with E-state index in [1.807, 2.05) is 42.5 Å². The van der Waals surface area contributed by atoms with Crippen LogP contribution in [-0.2, 0) is 0 Å². The highest BCUT2D eigenvalue weighted by Gasteiger charge is 2.12. The van der Waals surface area contributed by atoms with Gasteiger partial charge in [-0.25, -0.2) is 0 Å². The van der Waals surface area contributed by atoms with Gasteiger partial charge in [-0.3, -0.25) is 0 Å². The Morgan fingerprint density at radius 2 is 1.94 bits per heavy atom. The summed E-state index contributed by atoms with van der Waals surface area (Å²) in [7, 11) is 0. The molecule has 1 nitrogen and oxygen atoms in total. The minimum atomic E-state index is -0.155. The fourth-order valence-electron chi connectivity index (χ4n) is 1.63. The standard InChI is InChI=1S/C13H10BrClIN/c14-9-4-5-12(16)11(7-9)13(17)8-2-1-3-10(15)6-8/h1-7,13H,17H2. The Morgan fingerprint density at radius 1 is 1.18 bits per heavy atom. The van der Waals surface area contributed by atoms with E-state index >= 15 is 0 Å². The molecule has 2 aromatic carbocycles. The predicted molar refractivity (Wildman–Crippen MR) is 84.3 cm³/mol. The van der Waals surface area contributed by atoms with Crippen molar-refractivity contribution in [2.24, 2.45) is 5.73 Å².